The zero-order valence-electron chi connectivity index (χ0n) is 7.26. The van der Waals surface area contributed by atoms with E-state index in [1.165, 1.54) is 0 Å². The first-order valence-corrected chi connectivity index (χ1v) is 4.73. The van der Waals surface area contributed by atoms with E-state index in [2.05, 4.69) is 0 Å². The fourth-order valence-corrected chi connectivity index (χ4v) is 1.33. The van der Waals surface area contributed by atoms with Gasteiger partial charge in [0.05, 0.1) is 12.9 Å². The van der Waals surface area contributed by atoms with Crippen molar-refractivity contribution < 1.29 is 4.74 Å². The molecule has 70 valence electrons. The van der Waals surface area contributed by atoms with Crippen LogP contribution in [0.3, 0.4) is 0 Å². The predicted octanol–water partition coefficient (Wildman–Crippen LogP) is 4.00. The maximum Gasteiger partial charge on any atom is 0.0845 e. The Morgan fingerprint density at radius 2 is 2.15 bits per heavy atom. The maximum absolute atomic E-state index is 5.92. The third-order valence-corrected chi connectivity index (χ3v) is 2.04. The molecule has 0 radical (unpaired) electrons. The van der Waals surface area contributed by atoms with Crippen LogP contribution >= 0.6 is 23.2 Å². The summed E-state index contributed by atoms with van der Waals surface area (Å²) in [6.45, 7) is 2.58. The van der Waals surface area contributed by atoms with Gasteiger partial charge in [0.1, 0.15) is 0 Å². The number of hydrogen-bond donors (Lipinski definition) is 0. The summed E-state index contributed by atoms with van der Waals surface area (Å²) in [6.07, 6.45) is 3.43. The van der Waals surface area contributed by atoms with Gasteiger partial charge >= 0.3 is 0 Å². The molecule has 1 nitrogen and oxygen atoms in total. The molecule has 0 N–H and O–H groups in total. The SMILES string of the molecule is CCOC=Cc1ccc(Cl)cc1Cl. The Hall–Kier alpha value is -0.660. The fourth-order valence-electron chi connectivity index (χ4n) is 0.854. The molecule has 0 heterocycles. The van der Waals surface area contributed by atoms with Crippen molar-refractivity contribution in [2.75, 3.05) is 6.61 Å². The second kappa shape index (κ2) is 5.15. The Bertz CT molecular complexity index is 308. The topological polar surface area (TPSA) is 9.23 Å². The van der Waals surface area contributed by atoms with E-state index in [0.717, 1.165) is 5.56 Å². The highest BCUT2D eigenvalue weighted by molar-refractivity contribution is 6.35. The van der Waals surface area contributed by atoms with Crippen molar-refractivity contribution in [3.63, 3.8) is 0 Å². The summed E-state index contributed by atoms with van der Waals surface area (Å²) in [5.74, 6) is 0. The Labute approximate surface area is 87.9 Å². The van der Waals surface area contributed by atoms with Crippen LogP contribution in [0.4, 0.5) is 0 Å². The lowest BCUT2D eigenvalue weighted by Gasteiger charge is -1.98. The molecule has 0 unspecified atom stereocenters. The van der Waals surface area contributed by atoms with Gasteiger partial charge in [0, 0.05) is 10.0 Å². The van der Waals surface area contributed by atoms with Crippen LogP contribution < -0.4 is 0 Å². The third kappa shape index (κ3) is 3.29. The van der Waals surface area contributed by atoms with E-state index in [9.17, 15) is 0 Å². The van der Waals surface area contributed by atoms with Gasteiger partial charge in [-0.1, -0.05) is 29.3 Å². The van der Waals surface area contributed by atoms with Gasteiger partial charge in [-0.3, -0.25) is 0 Å². The Morgan fingerprint density at radius 3 is 2.77 bits per heavy atom. The van der Waals surface area contributed by atoms with Gasteiger partial charge in [0.15, 0.2) is 0 Å². The van der Waals surface area contributed by atoms with Crippen LogP contribution in [-0.4, -0.2) is 6.61 Å². The minimum absolute atomic E-state index is 0.628. The molecule has 1 rings (SSSR count). The summed E-state index contributed by atoms with van der Waals surface area (Å²) in [7, 11) is 0. The highest BCUT2D eigenvalue weighted by atomic mass is 35.5. The quantitative estimate of drug-likeness (QED) is 0.695. The molecular weight excluding hydrogens is 207 g/mol. The third-order valence-electron chi connectivity index (χ3n) is 1.47. The smallest absolute Gasteiger partial charge is 0.0845 e. The zero-order chi connectivity index (χ0) is 9.68. The van der Waals surface area contributed by atoms with Gasteiger partial charge in [0.2, 0.25) is 0 Å². The van der Waals surface area contributed by atoms with Crippen molar-refractivity contribution in [2.24, 2.45) is 0 Å². The Morgan fingerprint density at radius 1 is 1.38 bits per heavy atom. The van der Waals surface area contributed by atoms with Crippen LogP contribution in [0.15, 0.2) is 24.5 Å². The van der Waals surface area contributed by atoms with Crippen LogP contribution in [0.2, 0.25) is 10.0 Å². The number of hydrogen-bond acceptors (Lipinski definition) is 1. The van der Waals surface area contributed by atoms with Crippen LogP contribution in [0, 0.1) is 0 Å². The van der Waals surface area contributed by atoms with E-state index in [4.69, 9.17) is 27.9 Å². The molecule has 0 saturated carbocycles. The van der Waals surface area contributed by atoms with E-state index in [0.29, 0.717) is 16.7 Å². The summed E-state index contributed by atoms with van der Waals surface area (Å²) in [5.41, 5.74) is 0.902. The second-order valence-electron chi connectivity index (χ2n) is 2.42. The molecule has 0 aromatic heterocycles. The van der Waals surface area contributed by atoms with Gasteiger partial charge in [0.25, 0.3) is 0 Å². The molecule has 1 aromatic rings. The maximum atomic E-state index is 5.92. The highest BCUT2D eigenvalue weighted by Gasteiger charge is 1.96. The van der Waals surface area contributed by atoms with E-state index in [-0.39, 0.29) is 0 Å². The van der Waals surface area contributed by atoms with Crippen molar-refractivity contribution in [2.45, 2.75) is 6.92 Å². The Kier molecular flexibility index (Phi) is 4.13. The summed E-state index contributed by atoms with van der Waals surface area (Å²) in [4.78, 5) is 0. The van der Waals surface area contributed by atoms with Crippen LogP contribution in [0.5, 0.6) is 0 Å². The monoisotopic (exact) mass is 216 g/mol. The predicted molar refractivity (Wildman–Crippen MR) is 57.1 cm³/mol. The molecular formula is C10H10Cl2O. The first-order valence-electron chi connectivity index (χ1n) is 3.97. The van der Waals surface area contributed by atoms with Gasteiger partial charge in [-0.2, -0.15) is 0 Å². The van der Waals surface area contributed by atoms with Gasteiger partial charge < -0.3 is 4.74 Å². The van der Waals surface area contributed by atoms with Crippen molar-refractivity contribution in [3.05, 3.63) is 40.1 Å². The van der Waals surface area contributed by atoms with Crippen LogP contribution in [0.1, 0.15) is 12.5 Å². The second-order valence-corrected chi connectivity index (χ2v) is 3.27. The average molecular weight is 217 g/mol. The summed E-state index contributed by atoms with van der Waals surface area (Å²) in [6, 6.07) is 5.34. The lowest BCUT2D eigenvalue weighted by atomic mass is 10.2. The zero-order valence-corrected chi connectivity index (χ0v) is 8.77. The van der Waals surface area contributed by atoms with Crippen LogP contribution in [-0.2, 0) is 4.74 Å². The van der Waals surface area contributed by atoms with Crippen molar-refractivity contribution in [1.82, 2.24) is 0 Å². The van der Waals surface area contributed by atoms with Gasteiger partial charge in [-0.15, -0.1) is 0 Å². The van der Waals surface area contributed by atoms with E-state index in [1.807, 2.05) is 19.1 Å². The summed E-state index contributed by atoms with van der Waals surface area (Å²) >= 11 is 11.7. The highest BCUT2D eigenvalue weighted by Crippen LogP contribution is 2.21. The van der Waals surface area contributed by atoms with Crippen molar-refractivity contribution in [3.8, 4) is 0 Å². The van der Waals surface area contributed by atoms with Crippen molar-refractivity contribution in [1.29, 1.82) is 0 Å². The van der Waals surface area contributed by atoms with E-state index >= 15 is 0 Å². The van der Waals surface area contributed by atoms with E-state index in [1.54, 1.807) is 18.4 Å². The minimum Gasteiger partial charge on any atom is -0.501 e. The summed E-state index contributed by atoms with van der Waals surface area (Å²) in [5, 5.41) is 1.27. The average Bonchev–Trinajstić information content (AvgIpc) is 2.09. The molecule has 0 aliphatic rings. The lowest BCUT2D eigenvalue weighted by molar-refractivity contribution is 0.272. The molecule has 0 spiro atoms. The fraction of sp³-hybridized carbons (Fsp3) is 0.200. The lowest BCUT2D eigenvalue weighted by Crippen LogP contribution is -1.78. The molecule has 3 heteroatoms. The summed E-state index contributed by atoms with van der Waals surface area (Å²) < 4.78 is 5.05. The molecule has 0 fully saturated rings. The molecule has 1 aromatic carbocycles. The molecule has 0 saturated heterocycles. The number of rotatable bonds is 3. The largest absolute Gasteiger partial charge is 0.501 e. The molecule has 0 aliphatic heterocycles. The molecule has 0 amide bonds. The molecule has 0 bridgehead atoms. The minimum atomic E-state index is 0.628. The number of ether oxygens (including phenoxy) is 1. The number of benzene rings is 1. The molecule has 0 atom stereocenters. The Balaban J connectivity index is 2.77. The normalized spacial score (nSPS) is 10.7. The standard InChI is InChI=1S/C10H10Cl2O/c1-2-13-6-5-8-3-4-9(11)7-10(8)12/h3-7H,2H2,1H3. The van der Waals surface area contributed by atoms with E-state index < -0.39 is 0 Å². The first kappa shape index (κ1) is 10.4. The van der Waals surface area contributed by atoms with Gasteiger partial charge in [-0.05, 0) is 30.7 Å². The van der Waals surface area contributed by atoms with Crippen molar-refractivity contribution >= 4 is 29.3 Å². The van der Waals surface area contributed by atoms with Gasteiger partial charge in [-0.25, -0.2) is 0 Å². The number of halogens is 2. The van der Waals surface area contributed by atoms with Crippen LogP contribution in [0.25, 0.3) is 6.08 Å². The molecule has 0 aliphatic carbocycles. The molecule has 13 heavy (non-hydrogen) atoms. The first-order chi connectivity index (χ1) is 6.24.